The van der Waals surface area contributed by atoms with Gasteiger partial charge in [0.1, 0.15) is 0 Å². The summed E-state index contributed by atoms with van der Waals surface area (Å²) in [5, 5.41) is 14.3. The molecule has 0 saturated heterocycles. The van der Waals surface area contributed by atoms with E-state index in [-0.39, 0.29) is 10.6 Å². The first-order valence-corrected chi connectivity index (χ1v) is 6.45. The summed E-state index contributed by atoms with van der Waals surface area (Å²) < 4.78 is 0. The van der Waals surface area contributed by atoms with Crippen LogP contribution in [0.15, 0.2) is 18.2 Å². The Bertz CT molecular complexity index is 453. The van der Waals surface area contributed by atoms with Gasteiger partial charge in [-0.25, -0.2) is 0 Å². The molecule has 98 valence electrons. The second-order valence-electron chi connectivity index (χ2n) is 5.59. The molecule has 0 amide bonds. The molecule has 0 aromatic heterocycles. The number of rotatable bonds is 5. The summed E-state index contributed by atoms with van der Waals surface area (Å²) in [7, 11) is 0. The lowest BCUT2D eigenvalue weighted by atomic mass is 9.70. The fraction of sp³-hybridized carbons (Fsp3) is 0.571. The first-order chi connectivity index (χ1) is 8.52. The fourth-order valence-electron chi connectivity index (χ4n) is 2.52. The van der Waals surface area contributed by atoms with Crippen LogP contribution in [0.1, 0.15) is 37.3 Å². The van der Waals surface area contributed by atoms with Crippen LogP contribution in [0.4, 0.5) is 5.69 Å². The number of nitrogens with zero attached hydrogens (tertiary/aromatic N) is 1. The number of nitro groups is 1. The monoisotopic (exact) mass is 248 g/mol. The molecule has 1 fully saturated rings. The molecule has 0 radical (unpaired) electrons. The van der Waals surface area contributed by atoms with Gasteiger partial charge in [-0.2, -0.15) is 0 Å². The van der Waals surface area contributed by atoms with E-state index in [1.165, 1.54) is 19.3 Å². The van der Waals surface area contributed by atoms with Crippen LogP contribution in [-0.2, 0) is 6.54 Å². The highest BCUT2D eigenvalue weighted by atomic mass is 16.6. The van der Waals surface area contributed by atoms with Gasteiger partial charge in [-0.3, -0.25) is 10.1 Å². The lowest BCUT2D eigenvalue weighted by Gasteiger charge is -2.38. The minimum Gasteiger partial charge on any atom is -0.312 e. The van der Waals surface area contributed by atoms with Crippen molar-refractivity contribution in [2.45, 2.75) is 39.7 Å². The molecule has 2 rings (SSSR count). The van der Waals surface area contributed by atoms with Crippen molar-refractivity contribution < 1.29 is 4.92 Å². The largest absolute Gasteiger partial charge is 0.312 e. The molecule has 1 saturated carbocycles. The quantitative estimate of drug-likeness (QED) is 0.643. The third kappa shape index (κ3) is 2.70. The van der Waals surface area contributed by atoms with Crippen molar-refractivity contribution in [2.24, 2.45) is 5.41 Å². The Labute approximate surface area is 108 Å². The smallest absolute Gasteiger partial charge is 0.272 e. The molecule has 0 aliphatic heterocycles. The van der Waals surface area contributed by atoms with Crippen molar-refractivity contribution in [2.75, 3.05) is 6.54 Å². The van der Waals surface area contributed by atoms with Gasteiger partial charge in [0.05, 0.1) is 4.92 Å². The molecular formula is C14H20N2O2. The predicted octanol–water partition coefficient (Wildman–Crippen LogP) is 3.18. The highest BCUT2D eigenvalue weighted by Crippen LogP contribution is 2.39. The Morgan fingerprint density at radius 2 is 2.17 bits per heavy atom. The summed E-state index contributed by atoms with van der Waals surface area (Å²) in [6, 6.07) is 5.28. The summed E-state index contributed by atoms with van der Waals surface area (Å²) in [5.74, 6) is 0. The summed E-state index contributed by atoms with van der Waals surface area (Å²) >= 11 is 0. The lowest BCUT2D eigenvalue weighted by molar-refractivity contribution is -0.385. The summed E-state index contributed by atoms with van der Waals surface area (Å²) in [4.78, 5) is 10.5. The van der Waals surface area contributed by atoms with Crippen LogP contribution in [0, 0.1) is 22.5 Å². The van der Waals surface area contributed by atoms with Crippen molar-refractivity contribution in [3.8, 4) is 0 Å². The molecule has 1 aliphatic rings. The Morgan fingerprint density at radius 1 is 1.44 bits per heavy atom. The van der Waals surface area contributed by atoms with Crippen molar-refractivity contribution in [3.63, 3.8) is 0 Å². The third-order valence-corrected chi connectivity index (χ3v) is 4.04. The fourth-order valence-corrected chi connectivity index (χ4v) is 2.52. The standard InChI is InChI=1S/C14H20N2O2/c1-11-12(5-3-6-13(11)16(17)18)9-15-10-14(2)7-4-8-14/h3,5-6,15H,4,7-10H2,1-2H3. The number of hydrogen-bond donors (Lipinski definition) is 1. The Balaban J connectivity index is 1.97. The maximum Gasteiger partial charge on any atom is 0.272 e. The van der Waals surface area contributed by atoms with E-state index in [9.17, 15) is 10.1 Å². The Hall–Kier alpha value is -1.42. The van der Waals surface area contributed by atoms with Gasteiger partial charge in [0, 0.05) is 24.7 Å². The van der Waals surface area contributed by atoms with Gasteiger partial charge in [-0.1, -0.05) is 25.5 Å². The lowest BCUT2D eigenvalue weighted by Crippen LogP contribution is -2.37. The number of nitrogens with one attached hydrogen (secondary N) is 1. The van der Waals surface area contributed by atoms with Crippen molar-refractivity contribution in [3.05, 3.63) is 39.4 Å². The molecule has 1 aromatic rings. The molecule has 1 aromatic carbocycles. The van der Waals surface area contributed by atoms with Crippen LogP contribution in [0.25, 0.3) is 0 Å². The Morgan fingerprint density at radius 3 is 2.72 bits per heavy atom. The van der Waals surface area contributed by atoms with E-state index in [1.807, 2.05) is 13.0 Å². The van der Waals surface area contributed by atoms with E-state index < -0.39 is 0 Å². The predicted molar refractivity (Wildman–Crippen MR) is 71.5 cm³/mol. The number of hydrogen-bond acceptors (Lipinski definition) is 3. The average molecular weight is 248 g/mol. The van der Waals surface area contributed by atoms with Gasteiger partial charge in [-0.15, -0.1) is 0 Å². The zero-order chi connectivity index (χ0) is 13.2. The van der Waals surface area contributed by atoms with Crippen molar-refractivity contribution in [1.82, 2.24) is 5.32 Å². The molecule has 0 spiro atoms. The number of benzene rings is 1. The van der Waals surface area contributed by atoms with E-state index in [2.05, 4.69) is 12.2 Å². The molecule has 0 atom stereocenters. The average Bonchev–Trinajstić information content (AvgIpc) is 2.28. The molecule has 0 unspecified atom stereocenters. The summed E-state index contributed by atoms with van der Waals surface area (Å²) in [5.41, 5.74) is 2.44. The zero-order valence-electron chi connectivity index (χ0n) is 11.0. The van der Waals surface area contributed by atoms with E-state index in [1.54, 1.807) is 12.1 Å². The van der Waals surface area contributed by atoms with Crippen LogP contribution in [0.2, 0.25) is 0 Å². The molecule has 1 aliphatic carbocycles. The van der Waals surface area contributed by atoms with Gasteiger partial charge >= 0.3 is 0 Å². The summed E-state index contributed by atoms with van der Waals surface area (Å²) in [6.45, 7) is 5.82. The molecule has 4 nitrogen and oxygen atoms in total. The van der Waals surface area contributed by atoms with E-state index in [4.69, 9.17) is 0 Å². The van der Waals surface area contributed by atoms with Gasteiger partial charge in [0.2, 0.25) is 0 Å². The van der Waals surface area contributed by atoms with Gasteiger partial charge < -0.3 is 5.32 Å². The van der Waals surface area contributed by atoms with E-state index in [0.29, 0.717) is 12.0 Å². The molecule has 1 N–H and O–H groups in total. The number of nitro benzene ring substituents is 1. The molecule has 4 heteroatoms. The third-order valence-electron chi connectivity index (χ3n) is 4.04. The van der Waals surface area contributed by atoms with Gasteiger partial charge in [0.15, 0.2) is 0 Å². The van der Waals surface area contributed by atoms with Crippen LogP contribution in [0.3, 0.4) is 0 Å². The van der Waals surface area contributed by atoms with E-state index in [0.717, 1.165) is 17.7 Å². The first kappa shape index (κ1) is 13.0. The maximum absolute atomic E-state index is 10.8. The molecule has 0 heterocycles. The zero-order valence-corrected chi connectivity index (χ0v) is 11.0. The topological polar surface area (TPSA) is 55.2 Å². The van der Waals surface area contributed by atoms with Crippen LogP contribution < -0.4 is 5.32 Å². The van der Waals surface area contributed by atoms with Crippen molar-refractivity contribution >= 4 is 5.69 Å². The second-order valence-corrected chi connectivity index (χ2v) is 5.59. The Kier molecular flexibility index (Phi) is 3.66. The second kappa shape index (κ2) is 5.06. The molecule has 0 bridgehead atoms. The summed E-state index contributed by atoms with van der Waals surface area (Å²) in [6.07, 6.45) is 3.90. The minimum absolute atomic E-state index is 0.212. The van der Waals surface area contributed by atoms with Crippen LogP contribution >= 0.6 is 0 Å². The first-order valence-electron chi connectivity index (χ1n) is 6.45. The van der Waals surface area contributed by atoms with E-state index >= 15 is 0 Å². The van der Waals surface area contributed by atoms with Crippen LogP contribution in [-0.4, -0.2) is 11.5 Å². The highest BCUT2D eigenvalue weighted by Gasteiger charge is 2.30. The minimum atomic E-state index is -0.313. The molecular weight excluding hydrogens is 228 g/mol. The van der Waals surface area contributed by atoms with Crippen LogP contribution in [0.5, 0.6) is 0 Å². The normalized spacial score (nSPS) is 17.2. The SMILES string of the molecule is Cc1c(CNCC2(C)CCC2)cccc1[N+](=O)[O-]. The van der Waals surface area contributed by atoms with Gasteiger partial charge in [-0.05, 0) is 30.7 Å². The maximum atomic E-state index is 10.8. The van der Waals surface area contributed by atoms with Gasteiger partial charge in [0.25, 0.3) is 5.69 Å². The molecule has 18 heavy (non-hydrogen) atoms. The van der Waals surface area contributed by atoms with Crippen molar-refractivity contribution in [1.29, 1.82) is 0 Å². The highest BCUT2D eigenvalue weighted by molar-refractivity contribution is 5.44.